The summed E-state index contributed by atoms with van der Waals surface area (Å²) in [6.07, 6.45) is 4.67. The van der Waals surface area contributed by atoms with Crippen LogP contribution < -0.4 is 10.5 Å². The van der Waals surface area contributed by atoms with Crippen molar-refractivity contribution in [2.75, 3.05) is 32.0 Å². The van der Waals surface area contributed by atoms with Crippen molar-refractivity contribution in [3.05, 3.63) is 88.5 Å². The van der Waals surface area contributed by atoms with Gasteiger partial charge >= 0.3 is 0 Å². The molecule has 0 radical (unpaired) electrons. The molecule has 4 nitrogen and oxygen atoms in total. The van der Waals surface area contributed by atoms with Gasteiger partial charge in [-0.3, -0.25) is 9.29 Å². The molecule has 1 aliphatic carbocycles. The Bertz CT molecular complexity index is 1250. The van der Waals surface area contributed by atoms with Gasteiger partial charge in [0.05, 0.1) is 6.67 Å². The van der Waals surface area contributed by atoms with Crippen LogP contribution in [0.5, 0.6) is 11.5 Å². The molecule has 0 aromatic heterocycles. The molecule has 1 fully saturated rings. The molecule has 1 heterocycles. The minimum atomic E-state index is -0.263. The molecular formula is C31H35FN2O2. The number of hydrogen-bond donors (Lipinski definition) is 2. The summed E-state index contributed by atoms with van der Waals surface area (Å²) in [5, 5.41) is 10.0. The van der Waals surface area contributed by atoms with Crippen LogP contribution in [0.25, 0.3) is 11.1 Å². The van der Waals surface area contributed by atoms with Crippen molar-refractivity contribution in [3.63, 3.8) is 0 Å². The topological polar surface area (TPSA) is 58.7 Å². The fourth-order valence-electron chi connectivity index (χ4n) is 5.67. The number of aryl methyl sites for hydroxylation is 2. The molecule has 0 bridgehead atoms. The quantitative estimate of drug-likeness (QED) is 0.380. The van der Waals surface area contributed by atoms with E-state index in [1.165, 1.54) is 27.8 Å². The molecule has 0 amide bonds. The SMILES string of the molecule is Cc1cc(O)ccc1C1=C(c2ccc(OC3CCN(CCCF)C3)cc2)c2ccc(N)cc2CCC1. The first-order valence-electron chi connectivity index (χ1n) is 13.0. The number of nitrogens with zero attached hydrogens (tertiary/aromatic N) is 1. The normalized spacial score (nSPS) is 18.2. The summed E-state index contributed by atoms with van der Waals surface area (Å²) in [5.41, 5.74) is 15.3. The summed E-state index contributed by atoms with van der Waals surface area (Å²) in [7, 11) is 0. The van der Waals surface area contributed by atoms with E-state index in [-0.39, 0.29) is 18.5 Å². The monoisotopic (exact) mass is 486 g/mol. The fourth-order valence-corrected chi connectivity index (χ4v) is 5.67. The number of hydrogen-bond acceptors (Lipinski definition) is 4. The standard InChI is InChI=1S/C31H35FN2O2/c1-21-18-25(35)9-13-28(21)30-5-2-4-23-19-24(33)8-12-29(23)31(30)22-6-10-26(11-7-22)36-27-14-17-34(20-27)16-3-15-32/h6-13,18-19,27,35H,2-5,14-17,20,33H2,1H3. The zero-order chi connectivity index (χ0) is 25.1. The molecule has 1 saturated heterocycles. The highest BCUT2D eigenvalue weighted by Crippen LogP contribution is 2.42. The molecule has 5 heteroatoms. The number of anilines is 1. The summed E-state index contributed by atoms with van der Waals surface area (Å²) in [6, 6.07) is 20.3. The van der Waals surface area contributed by atoms with E-state index in [0.29, 0.717) is 6.42 Å². The number of phenolic OH excluding ortho intramolecular Hbond substituents is 1. The number of alkyl halides is 1. The third-order valence-corrected chi connectivity index (χ3v) is 7.39. The van der Waals surface area contributed by atoms with Crippen molar-refractivity contribution >= 4 is 16.8 Å². The second-order valence-electron chi connectivity index (χ2n) is 10.0. The Labute approximate surface area is 213 Å². The number of likely N-dealkylation sites (tertiary alicyclic amines) is 1. The van der Waals surface area contributed by atoms with Crippen LogP contribution in [-0.2, 0) is 6.42 Å². The van der Waals surface area contributed by atoms with Gasteiger partial charge in [0, 0.05) is 25.3 Å². The maximum Gasteiger partial charge on any atom is 0.119 e. The van der Waals surface area contributed by atoms with Gasteiger partial charge < -0.3 is 15.6 Å². The zero-order valence-corrected chi connectivity index (χ0v) is 21.0. The van der Waals surface area contributed by atoms with E-state index in [4.69, 9.17) is 10.5 Å². The Morgan fingerprint density at radius 2 is 1.83 bits per heavy atom. The van der Waals surface area contributed by atoms with Crippen molar-refractivity contribution in [1.82, 2.24) is 4.90 Å². The van der Waals surface area contributed by atoms with E-state index in [1.54, 1.807) is 6.07 Å². The average Bonchev–Trinajstić information content (AvgIpc) is 3.22. The van der Waals surface area contributed by atoms with Crippen LogP contribution in [0.15, 0.2) is 60.7 Å². The zero-order valence-electron chi connectivity index (χ0n) is 21.0. The van der Waals surface area contributed by atoms with E-state index >= 15 is 0 Å². The molecular weight excluding hydrogens is 451 g/mol. The van der Waals surface area contributed by atoms with Gasteiger partial charge in [-0.1, -0.05) is 24.3 Å². The number of allylic oxidation sites excluding steroid dienone is 1. The Balaban J connectivity index is 1.49. The predicted molar refractivity (Wildman–Crippen MR) is 145 cm³/mol. The number of fused-ring (bicyclic) bond motifs is 1. The number of nitrogen functional groups attached to an aromatic ring is 1. The van der Waals surface area contributed by atoms with Crippen molar-refractivity contribution in [2.24, 2.45) is 0 Å². The highest BCUT2D eigenvalue weighted by molar-refractivity contribution is 6.00. The lowest BCUT2D eigenvalue weighted by Crippen LogP contribution is -2.26. The first kappa shape index (κ1) is 24.4. The second kappa shape index (κ2) is 10.8. The largest absolute Gasteiger partial charge is 0.508 e. The maximum absolute atomic E-state index is 12.5. The van der Waals surface area contributed by atoms with Crippen LogP contribution in [0, 0.1) is 6.92 Å². The van der Waals surface area contributed by atoms with Crippen LogP contribution in [0.1, 0.15) is 53.5 Å². The van der Waals surface area contributed by atoms with E-state index in [2.05, 4.69) is 48.2 Å². The maximum atomic E-state index is 12.5. The number of nitrogens with two attached hydrogens (primary N) is 1. The Kier molecular flexibility index (Phi) is 7.28. The Morgan fingerprint density at radius 3 is 2.61 bits per heavy atom. The summed E-state index contributed by atoms with van der Waals surface area (Å²) in [4.78, 5) is 2.28. The van der Waals surface area contributed by atoms with Gasteiger partial charge in [-0.25, -0.2) is 0 Å². The van der Waals surface area contributed by atoms with Gasteiger partial charge in [0.2, 0.25) is 0 Å². The predicted octanol–water partition coefficient (Wildman–Crippen LogP) is 6.39. The Morgan fingerprint density at radius 1 is 1.03 bits per heavy atom. The minimum Gasteiger partial charge on any atom is -0.508 e. The third-order valence-electron chi connectivity index (χ3n) is 7.39. The number of halogens is 1. The molecule has 1 unspecified atom stereocenters. The van der Waals surface area contributed by atoms with E-state index < -0.39 is 0 Å². The molecule has 1 atom stereocenters. The highest BCUT2D eigenvalue weighted by atomic mass is 19.1. The van der Waals surface area contributed by atoms with Gasteiger partial charge in [0.25, 0.3) is 0 Å². The molecule has 188 valence electrons. The second-order valence-corrected chi connectivity index (χ2v) is 10.0. The van der Waals surface area contributed by atoms with Gasteiger partial charge in [0.15, 0.2) is 0 Å². The lowest BCUT2D eigenvalue weighted by Gasteiger charge is -2.19. The van der Waals surface area contributed by atoms with Crippen molar-refractivity contribution in [2.45, 2.75) is 45.1 Å². The molecule has 36 heavy (non-hydrogen) atoms. The van der Waals surface area contributed by atoms with Gasteiger partial charge in [-0.05, 0) is 114 Å². The number of benzene rings is 3. The average molecular weight is 487 g/mol. The molecule has 0 spiro atoms. The van der Waals surface area contributed by atoms with Gasteiger partial charge in [0.1, 0.15) is 17.6 Å². The third kappa shape index (κ3) is 5.26. The number of rotatable bonds is 7. The summed E-state index contributed by atoms with van der Waals surface area (Å²) < 4.78 is 18.8. The van der Waals surface area contributed by atoms with Crippen molar-refractivity contribution in [1.29, 1.82) is 0 Å². The smallest absolute Gasteiger partial charge is 0.119 e. The van der Waals surface area contributed by atoms with Crippen LogP contribution >= 0.6 is 0 Å². The Hall–Kier alpha value is -3.31. The van der Waals surface area contributed by atoms with Crippen molar-refractivity contribution in [3.8, 4) is 11.5 Å². The van der Waals surface area contributed by atoms with E-state index in [9.17, 15) is 9.50 Å². The number of phenols is 1. The molecule has 2 aliphatic rings. The summed E-state index contributed by atoms with van der Waals surface area (Å²) in [5.74, 6) is 1.15. The fraction of sp³-hybridized carbons (Fsp3) is 0.355. The molecule has 5 rings (SSSR count). The summed E-state index contributed by atoms with van der Waals surface area (Å²) >= 11 is 0. The van der Waals surface area contributed by atoms with E-state index in [1.807, 2.05) is 18.2 Å². The van der Waals surface area contributed by atoms with Gasteiger partial charge in [-0.15, -0.1) is 0 Å². The highest BCUT2D eigenvalue weighted by Gasteiger charge is 2.24. The summed E-state index contributed by atoms with van der Waals surface area (Å²) in [6.45, 7) is 4.41. The lowest BCUT2D eigenvalue weighted by molar-refractivity contribution is 0.198. The van der Waals surface area contributed by atoms with E-state index in [0.717, 1.165) is 67.9 Å². The van der Waals surface area contributed by atoms with Crippen LogP contribution in [0.4, 0.5) is 10.1 Å². The molecule has 1 aliphatic heterocycles. The van der Waals surface area contributed by atoms with Crippen LogP contribution in [0.2, 0.25) is 0 Å². The lowest BCUT2D eigenvalue weighted by atomic mass is 9.86. The first-order valence-corrected chi connectivity index (χ1v) is 13.0. The molecule has 3 aromatic rings. The first-order chi connectivity index (χ1) is 17.5. The minimum absolute atomic E-state index is 0.145. The van der Waals surface area contributed by atoms with Crippen LogP contribution in [-0.4, -0.2) is 42.4 Å². The molecule has 0 saturated carbocycles. The molecule has 3 aromatic carbocycles. The van der Waals surface area contributed by atoms with Gasteiger partial charge in [-0.2, -0.15) is 0 Å². The number of ether oxygens (including phenoxy) is 1. The number of aromatic hydroxyl groups is 1. The van der Waals surface area contributed by atoms with Crippen molar-refractivity contribution < 1.29 is 14.2 Å². The molecule has 3 N–H and O–H groups in total. The van der Waals surface area contributed by atoms with Crippen LogP contribution in [0.3, 0.4) is 0 Å².